The number of hydrogen-bond donors (Lipinski definition) is 2. The molecule has 0 saturated heterocycles. The van der Waals surface area contributed by atoms with Gasteiger partial charge < -0.3 is 10.6 Å². The van der Waals surface area contributed by atoms with Crippen LogP contribution in [0.15, 0.2) is 18.5 Å². The maximum absolute atomic E-state index is 12.0. The van der Waals surface area contributed by atoms with E-state index in [9.17, 15) is 4.79 Å². The van der Waals surface area contributed by atoms with Crippen molar-refractivity contribution in [1.29, 1.82) is 0 Å². The van der Waals surface area contributed by atoms with Gasteiger partial charge in [0.05, 0.1) is 12.1 Å². The second kappa shape index (κ2) is 5.82. The molecule has 2 N–H and O–H groups in total. The predicted octanol–water partition coefficient (Wildman–Crippen LogP) is 0.776. The number of nitrogens with one attached hydrogen (secondary N) is 2. The third kappa shape index (κ3) is 4.19. The van der Waals surface area contributed by atoms with Crippen LogP contribution in [0, 0.1) is 0 Å². The zero-order chi connectivity index (χ0) is 12.9. The minimum atomic E-state index is -0.535. The summed E-state index contributed by atoms with van der Waals surface area (Å²) >= 11 is 0. The summed E-state index contributed by atoms with van der Waals surface area (Å²) in [7, 11) is 0. The number of aromatic nitrogens is 2. The molecule has 1 aromatic rings. The summed E-state index contributed by atoms with van der Waals surface area (Å²) in [5, 5.41) is 10.2. The molecule has 0 aliphatic carbocycles. The van der Waals surface area contributed by atoms with Crippen molar-refractivity contribution in [2.75, 3.05) is 6.54 Å². The number of carbonyl (C=O) groups excluding carboxylic acids is 1. The Morgan fingerprint density at radius 1 is 1.53 bits per heavy atom. The van der Waals surface area contributed by atoms with Crippen LogP contribution >= 0.6 is 0 Å². The summed E-state index contributed by atoms with van der Waals surface area (Å²) in [5.74, 6) is 0.0130. The molecule has 5 heteroatoms. The zero-order valence-electron chi connectivity index (χ0n) is 11.0. The lowest BCUT2D eigenvalue weighted by Gasteiger charge is -2.26. The van der Waals surface area contributed by atoms with Crippen molar-refractivity contribution in [2.45, 2.75) is 45.8 Å². The minimum Gasteiger partial charge on any atom is -0.350 e. The molecule has 0 saturated carbocycles. The lowest BCUT2D eigenvalue weighted by Crippen LogP contribution is -2.54. The van der Waals surface area contributed by atoms with Crippen molar-refractivity contribution in [1.82, 2.24) is 20.4 Å². The van der Waals surface area contributed by atoms with E-state index in [2.05, 4.69) is 15.7 Å². The van der Waals surface area contributed by atoms with E-state index in [1.54, 1.807) is 6.20 Å². The Morgan fingerprint density at radius 3 is 2.76 bits per heavy atom. The van der Waals surface area contributed by atoms with E-state index >= 15 is 0 Å². The van der Waals surface area contributed by atoms with Gasteiger partial charge in [-0.25, -0.2) is 0 Å². The highest BCUT2D eigenvalue weighted by molar-refractivity contribution is 5.85. The van der Waals surface area contributed by atoms with Crippen LogP contribution in [-0.2, 0) is 11.3 Å². The van der Waals surface area contributed by atoms with Crippen molar-refractivity contribution in [3.8, 4) is 0 Å². The third-order valence-electron chi connectivity index (χ3n) is 2.58. The maximum atomic E-state index is 12.0. The van der Waals surface area contributed by atoms with E-state index in [1.807, 2.05) is 44.6 Å². The molecule has 1 heterocycles. The highest BCUT2D eigenvalue weighted by atomic mass is 16.2. The van der Waals surface area contributed by atoms with Crippen LogP contribution in [0.3, 0.4) is 0 Å². The van der Waals surface area contributed by atoms with Gasteiger partial charge in [0.1, 0.15) is 0 Å². The number of likely N-dealkylation sites (N-methyl/N-ethyl adjacent to an activating group) is 1. The van der Waals surface area contributed by atoms with Crippen molar-refractivity contribution >= 4 is 5.91 Å². The quantitative estimate of drug-likeness (QED) is 0.770. The van der Waals surface area contributed by atoms with E-state index in [-0.39, 0.29) is 11.9 Å². The Morgan fingerprint density at radius 2 is 2.24 bits per heavy atom. The SMILES string of the molecule is CCNC(C)(C)C(=O)NC(C)Cn1cccn1. The molecule has 0 spiro atoms. The molecule has 1 amide bonds. The summed E-state index contributed by atoms with van der Waals surface area (Å²) < 4.78 is 1.81. The van der Waals surface area contributed by atoms with Gasteiger partial charge in [-0.1, -0.05) is 6.92 Å². The Labute approximate surface area is 103 Å². The van der Waals surface area contributed by atoms with E-state index in [0.29, 0.717) is 6.54 Å². The number of nitrogens with zero attached hydrogens (tertiary/aromatic N) is 2. The maximum Gasteiger partial charge on any atom is 0.239 e. The highest BCUT2D eigenvalue weighted by Crippen LogP contribution is 2.02. The van der Waals surface area contributed by atoms with Gasteiger partial charge in [0.15, 0.2) is 0 Å². The molecule has 96 valence electrons. The largest absolute Gasteiger partial charge is 0.350 e. The molecule has 1 atom stereocenters. The lowest BCUT2D eigenvalue weighted by atomic mass is 10.0. The summed E-state index contributed by atoms with van der Waals surface area (Å²) in [6.45, 7) is 9.18. The average Bonchev–Trinajstić information content (AvgIpc) is 2.69. The Kier molecular flexibility index (Phi) is 4.69. The van der Waals surface area contributed by atoms with Crippen molar-refractivity contribution in [3.63, 3.8) is 0 Å². The van der Waals surface area contributed by atoms with Crippen LogP contribution in [0.2, 0.25) is 0 Å². The molecule has 0 aliphatic rings. The topological polar surface area (TPSA) is 59.0 Å². The first kappa shape index (κ1) is 13.7. The van der Waals surface area contributed by atoms with Crippen LogP contribution in [0.5, 0.6) is 0 Å². The highest BCUT2D eigenvalue weighted by Gasteiger charge is 2.27. The van der Waals surface area contributed by atoms with E-state index in [1.165, 1.54) is 0 Å². The molecule has 5 nitrogen and oxygen atoms in total. The van der Waals surface area contributed by atoms with Gasteiger partial charge in [-0.05, 0) is 33.4 Å². The molecule has 0 aliphatic heterocycles. The molecule has 1 rings (SSSR count). The third-order valence-corrected chi connectivity index (χ3v) is 2.58. The van der Waals surface area contributed by atoms with Gasteiger partial charge in [-0.15, -0.1) is 0 Å². The molecular formula is C12H22N4O. The summed E-state index contributed by atoms with van der Waals surface area (Å²) in [4.78, 5) is 12.0. The van der Waals surface area contributed by atoms with E-state index < -0.39 is 5.54 Å². The van der Waals surface area contributed by atoms with Gasteiger partial charge in [0, 0.05) is 18.4 Å². The van der Waals surface area contributed by atoms with Gasteiger partial charge in [0.2, 0.25) is 5.91 Å². The van der Waals surface area contributed by atoms with Gasteiger partial charge >= 0.3 is 0 Å². The van der Waals surface area contributed by atoms with Crippen LogP contribution in [0.4, 0.5) is 0 Å². The van der Waals surface area contributed by atoms with Crippen LogP contribution < -0.4 is 10.6 Å². The molecule has 0 fully saturated rings. The zero-order valence-corrected chi connectivity index (χ0v) is 11.0. The number of carbonyl (C=O) groups is 1. The van der Waals surface area contributed by atoms with Crippen LogP contribution in [0.25, 0.3) is 0 Å². The molecule has 17 heavy (non-hydrogen) atoms. The first-order valence-electron chi connectivity index (χ1n) is 5.99. The smallest absolute Gasteiger partial charge is 0.239 e. The molecular weight excluding hydrogens is 216 g/mol. The Balaban J connectivity index is 2.45. The van der Waals surface area contributed by atoms with Gasteiger partial charge in [-0.3, -0.25) is 9.48 Å². The summed E-state index contributed by atoms with van der Waals surface area (Å²) in [6.07, 6.45) is 3.62. The fraction of sp³-hybridized carbons (Fsp3) is 0.667. The number of rotatable bonds is 6. The summed E-state index contributed by atoms with van der Waals surface area (Å²) in [6, 6.07) is 1.93. The first-order valence-corrected chi connectivity index (χ1v) is 5.99. The average molecular weight is 238 g/mol. The first-order chi connectivity index (χ1) is 7.95. The standard InChI is InChI=1S/C12H22N4O/c1-5-13-12(3,4)11(17)15-10(2)9-16-8-6-7-14-16/h6-8,10,13H,5,9H2,1-4H3,(H,15,17). The lowest BCUT2D eigenvalue weighted by molar-refractivity contribution is -0.127. The predicted molar refractivity (Wildman–Crippen MR) is 67.6 cm³/mol. The van der Waals surface area contributed by atoms with E-state index in [4.69, 9.17) is 0 Å². The monoisotopic (exact) mass is 238 g/mol. The Bertz CT molecular complexity index is 345. The summed E-state index contributed by atoms with van der Waals surface area (Å²) in [5.41, 5.74) is -0.535. The normalized spacial score (nSPS) is 13.4. The van der Waals surface area contributed by atoms with E-state index in [0.717, 1.165) is 6.54 Å². The van der Waals surface area contributed by atoms with Crippen LogP contribution in [-0.4, -0.2) is 33.8 Å². The molecule has 0 bridgehead atoms. The van der Waals surface area contributed by atoms with Crippen molar-refractivity contribution < 1.29 is 4.79 Å². The van der Waals surface area contributed by atoms with Crippen LogP contribution in [0.1, 0.15) is 27.7 Å². The molecule has 0 radical (unpaired) electrons. The van der Waals surface area contributed by atoms with Crippen molar-refractivity contribution in [3.05, 3.63) is 18.5 Å². The minimum absolute atomic E-state index is 0.0130. The Hall–Kier alpha value is -1.36. The molecule has 0 aromatic carbocycles. The molecule has 1 unspecified atom stereocenters. The van der Waals surface area contributed by atoms with Gasteiger partial charge in [0.25, 0.3) is 0 Å². The fourth-order valence-corrected chi connectivity index (χ4v) is 1.66. The fourth-order valence-electron chi connectivity index (χ4n) is 1.66. The number of hydrogen-bond acceptors (Lipinski definition) is 3. The molecule has 1 aromatic heterocycles. The van der Waals surface area contributed by atoms with Crippen molar-refractivity contribution in [2.24, 2.45) is 0 Å². The second-order valence-corrected chi connectivity index (χ2v) is 4.76. The van der Waals surface area contributed by atoms with Gasteiger partial charge in [-0.2, -0.15) is 5.10 Å². The second-order valence-electron chi connectivity index (χ2n) is 4.76. The number of amides is 1.